The number of benzene rings is 1. The molecule has 0 radical (unpaired) electrons. The van der Waals surface area contributed by atoms with Gasteiger partial charge in [0.1, 0.15) is 5.82 Å². The van der Waals surface area contributed by atoms with Gasteiger partial charge < -0.3 is 5.11 Å². The molecule has 3 N–H and O–H groups in total. The Labute approximate surface area is 130 Å². The predicted molar refractivity (Wildman–Crippen MR) is 84.2 cm³/mol. The SMILES string of the molecule is CC(C)(C[C@](C)(CCO)c1cc(Br)ccc1F)S(N)=O. The number of rotatable bonds is 6. The van der Waals surface area contributed by atoms with Crippen molar-refractivity contribution in [3.05, 3.63) is 34.1 Å². The number of aliphatic hydroxyl groups excluding tert-OH is 1. The molecule has 0 aliphatic carbocycles. The molecular formula is C14H21BrFNO2S. The van der Waals surface area contributed by atoms with Gasteiger partial charge >= 0.3 is 0 Å². The van der Waals surface area contributed by atoms with Crippen LogP contribution in [-0.4, -0.2) is 20.7 Å². The smallest absolute Gasteiger partial charge is 0.127 e. The molecule has 3 nitrogen and oxygen atoms in total. The van der Waals surface area contributed by atoms with Crippen molar-refractivity contribution in [3.63, 3.8) is 0 Å². The highest BCUT2D eigenvalue weighted by atomic mass is 79.9. The molecule has 0 aliphatic heterocycles. The Bertz CT molecular complexity index is 510. The van der Waals surface area contributed by atoms with Gasteiger partial charge in [0.05, 0.1) is 15.7 Å². The Morgan fingerprint density at radius 3 is 2.50 bits per heavy atom. The zero-order valence-corrected chi connectivity index (χ0v) is 14.4. The third-order valence-electron chi connectivity index (χ3n) is 3.60. The number of aliphatic hydroxyl groups is 1. The fourth-order valence-corrected chi connectivity index (χ4v) is 3.36. The minimum absolute atomic E-state index is 0.0737. The van der Waals surface area contributed by atoms with Gasteiger partial charge in [0.15, 0.2) is 0 Å². The predicted octanol–water partition coefficient (Wildman–Crippen LogP) is 3.02. The number of hydrogen-bond donors (Lipinski definition) is 2. The number of halogens is 2. The number of hydrogen-bond acceptors (Lipinski definition) is 2. The van der Waals surface area contributed by atoms with Gasteiger partial charge in [-0.1, -0.05) is 22.9 Å². The minimum atomic E-state index is -1.53. The molecule has 1 unspecified atom stereocenters. The Hall–Kier alpha value is -0.300. The summed E-state index contributed by atoms with van der Waals surface area (Å²) in [6.45, 7) is 5.36. The van der Waals surface area contributed by atoms with Crippen LogP contribution in [0.4, 0.5) is 4.39 Å². The van der Waals surface area contributed by atoms with Gasteiger partial charge in [-0.25, -0.2) is 8.60 Å². The normalized spacial score (nSPS) is 16.8. The van der Waals surface area contributed by atoms with Crippen LogP contribution in [0.15, 0.2) is 22.7 Å². The zero-order chi connectivity index (χ0) is 15.6. The Morgan fingerprint density at radius 1 is 1.40 bits per heavy atom. The van der Waals surface area contributed by atoms with E-state index < -0.39 is 21.1 Å². The van der Waals surface area contributed by atoms with Crippen molar-refractivity contribution in [2.75, 3.05) is 6.61 Å². The van der Waals surface area contributed by atoms with E-state index in [2.05, 4.69) is 15.9 Å². The second-order valence-corrected chi connectivity index (χ2v) is 8.51. The summed E-state index contributed by atoms with van der Waals surface area (Å²) < 4.78 is 25.9. The van der Waals surface area contributed by atoms with Crippen LogP contribution >= 0.6 is 15.9 Å². The van der Waals surface area contributed by atoms with E-state index in [9.17, 15) is 13.7 Å². The van der Waals surface area contributed by atoms with Crippen LogP contribution in [0, 0.1) is 5.82 Å². The second kappa shape index (κ2) is 6.64. The molecule has 1 rings (SSSR count). The summed E-state index contributed by atoms with van der Waals surface area (Å²) in [6.07, 6.45) is 0.790. The van der Waals surface area contributed by atoms with E-state index in [0.29, 0.717) is 18.4 Å². The molecule has 1 aromatic rings. The van der Waals surface area contributed by atoms with Gasteiger partial charge in [-0.05, 0) is 55.9 Å². The minimum Gasteiger partial charge on any atom is -0.396 e. The van der Waals surface area contributed by atoms with E-state index in [1.165, 1.54) is 6.07 Å². The molecule has 2 atom stereocenters. The average Bonchev–Trinajstić information content (AvgIpc) is 2.31. The largest absolute Gasteiger partial charge is 0.396 e. The molecule has 0 bridgehead atoms. The van der Waals surface area contributed by atoms with E-state index in [1.807, 2.05) is 6.92 Å². The van der Waals surface area contributed by atoms with Gasteiger partial charge in [-0.2, -0.15) is 0 Å². The summed E-state index contributed by atoms with van der Waals surface area (Å²) in [5.74, 6) is -0.331. The van der Waals surface area contributed by atoms with Crippen molar-refractivity contribution in [3.8, 4) is 0 Å². The van der Waals surface area contributed by atoms with Crippen LogP contribution in [0.1, 0.15) is 39.2 Å². The second-order valence-electron chi connectivity index (χ2n) is 5.89. The molecule has 0 aromatic heterocycles. The molecule has 114 valence electrons. The first kappa shape index (κ1) is 17.8. The lowest BCUT2D eigenvalue weighted by molar-refractivity contribution is 0.227. The summed E-state index contributed by atoms with van der Waals surface area (Å²) in [6, 6.07) is 4.73. The molecule has 0 heterocycles. The maximum absolute atomic E-state index is 14.2. The Kier molecular flexibility index (Phi) is 5.89. The summed E-state index contributed by atoms with van der Waals surface area (Å²) in [7, 11) is -1.53. The van der Waals surface area contributed by atoms with Gasteiger partial charge in [0.2, 0.25) is 0 Å². The summed E-state index contributed by atoms with van der Waals surface area (Å²) in [5.41, 5.74) is -0.138. The molecule has 6 heteroatoms. The van der Waals surface area contributed by atoms with Gasteiger partial charge in [0, 0.05) is 11.1 Å². The van der Waals surface area contributed by atoms with Crippen molar-refractivity contribution in [2.24, 2.45) is 5.14 Å². The molecule has 20 heavy (non-hydrogen) atoms. The third kappa shape index (κ3) is 4.10. The number of nitrogens with two attached hydrogens (primary N) is 1. The van der Waals surface area contributed by atoms with Crippen LogP contribution in [0.3, 0.4) is 0 Å². The molecule has 0 fully saturated rings. The van der Waals surface area contributed by atoms with Crippen LogP contribution in [0.5, 0.6) is 0 Å². The molecular weight excluding hydrogens is 345 g/mol. The van der Waals surface area contributed by atoms with Gasteiger partial charge in [-0.15, -0.1) is 0 Å². The highest BCUT2D eigenvalue weighted by Crippen LogP contribution is 2.39. The van der Waals surface area contributed by atoms with Gasteiger partial charge in [0.25, 0.3) is 0 Å². The monoisotopic (exact) mass is 365 g/mol. The van der Waals surface area contributed by atoms with Crippen LogP contribution < -0.4 is 5.14 Å². The maximum atomic E-state index is 14.2. The lowest BCUT2D eigenvalue weighted by atomic mass is 9.73. The van der Waals surface area contributed by atoms with Gasteiger partial charge in [-0.3, -0.25) is 5.14 Å². The fraction of sp³-hybridized carbons (Fsp3) is 0.571. The van der Waals surface area contributed by atoms with Crippen molar-refractivity contribution < 1.29 is 13.7 Å². The van der Waals surface area contributed by atoms with Crippen molar-refractivity contribution in [1.29, 1.82) is 0 Å². The quantitative estimate of drug-likeness (QED) is 0.813. The van der Waals surface area contributed by atoms with E-state index in [0.717, 1.165) is 4.47 Å². The molecule has 0 amide bonds. The average molecular weight is 366 g/mol. The standard InChI is InChI=1S/C14H21BrFNO2S/c1-13(2,20(17)19)9-14(3,6-7-18)11-8-10(15)4-5-12(11)16/h4-5,8,18H,6-7,9,17H2,1-3H3/t14-,20?/m0/s1. The van der Waals surface area contributed by atoms with Crippen LogP contribution in [0.25, 0.3) is 0 Å². The van der Waals surface area contributed by atoms with Crippen molar-refractivity contribution in [2.45, 2.75) is 43.8 Å². The fourth-order valence-electron chi connectivity index (χ4n) is 2.54. The van der Waals surface area contributed by atoms with E-state index >= 15 is 0 Å². The van der Waals surface area contributed by atoms with E-state index in [-0.39, 0.29) is 12.4 Å². The highest BCUT2D eigenvalue weighted by molar-refractivity contribution is 9.10. The highest BCUT2D eigenvalue weighted by Gasteiger charge is 2.38. The van der Waals surface area contributed by atoms with E-state index in [1.54, 1.807) is 26.0 Å². The summed E-state index contributed by atoms with van der Waals surface area (Å²) >= 11 is 3.33. The third-order valence-corrected chi connectivity index (χ3v) is 5.33. The lowest BCUT2D eigenvalue weighted by Crippen LogP contribution is -2.40. The first-order chi connectivity index (χ1) is 9.12. The van der Waals surface area contributed by atoms with Crippen molar-refractivity contribution in [1.82, 2.24) is 0 Å². The van der Waals surface area contributed by atoms with Crippen LogP contribution in [-0.2, 0) is 16.4 Å². The Balaban J connectivity index is 3.27. The molecule has 0 aliphatic rings. The molecule has 0 saturated carbocycles. The summed E-state index contributed by atoms with van der Waals surface area (Å²) in [5, 5.41) is 14.8. The molecule has 1 aromatic carbocycles. The topological polar surface area (TPSA) is 63.3 Å². The maximum Gasteiger partial charge on any atom is 0.127 e. The molecule has 0 spiro atoms. The Morgan fingerprint density at radius 2 is 2.00 bits per heavy atom. The van der Waals surface area contributed by atoms with Crippen molar-refractivity contribution >= 4 is 26.9 Å². The zero-order valence-electron chi connectivity index (χ0n) is 12.0. The molecule has 0 saturated heterocycles. The first-order valence-electron chi connectivity index (χ1n) is 6.35. The first-order valence-corrected chi connectivity index (χ1v) is 8.36. The van der Waals surface area contributed by atoms with E-state index in [4.69, 9.17) is 5.14 Å². The lowest BCUT2D eigenvalue weighted by Gasteiger charge is -2.36. The van der Waals surface area contributed by atoms with Crippen LogP contribution in [0.2, 0.25) is 0 Å². The summed E-state index contributed by atoms with van der Waals surface area (Å²) in [4.78, 5) is 0.